The van der Waals surface area contributed by atoms with Gasteiger partial charge >= 0.3 is 0 Å². The van der Waals surface area contributed by atoms with Crippen molar-refractivity contribution in [1.82, 2.24) is 4.98 Å². The van der Waals surface area contributed by atoms with Gasteiger partial charge in [-0.15, -0.1) is 0 Å². The van der Waals surface area contributed by atoms with Gasteiger partial charge in [0.2, 0.25) is 0 Å². The Labute approximate surface area is 95.3 Å². The second kappa shape index (κ2) is 4.95. The zero-order valence-electron chi connectivity index (χ0n) is 9.31. The molecular formula is C12H15N3O. The van der Waals surface area contributed by atoms with Gasteiger partial charge in [-0.1, -0.05) is 0 Å². The molecule has 0 bridgehead atoms. The highest BCUT2D eigenvalue weighted by atomic mass is 16.5. The molecule has 0 saturated carbocycles. The molecule has 16 heavy (non-hydrogen) atoms. The van der Waals surface area contributed by atoms with Crippen LogP contribution in [0, 0.1) is 11.3 Å². The molecular weight excluding hydrogens is 202 g/mol. The highest BCUT2D eigenvalue weighted by Crippen LogP contribution is 2.18. The average Bonchev–Trinajstić information content (AvgIpc) is 2.83. The molecule has 2 atom stereocenters. The average molecular weight is 217 g/mol. The number of pyridine rings is 1. The molecule has 2 rings (SSSR count). The van der Waals surface area contributed by atoms with Crippen LogP contribution in [-0.2, 0) is 4.74 Å². The first-order valence-corrected chi connectivity index (χ1v) is 5.54. The topological polar surface area (TPSA) is 57.9 Å². The molecule has 4 nitrogen and oxygen atoms in total. The monoisotopic (exact) mass is 217 g/mol. The molecule has 1 aromatic rings. The molecule has 1 aliphatic rings. The summed E-state index contributed by atoms with van der Waals surface area (Å²) in [6, 6.07) is 5.86. The number of aromatic nitrogens is 1. The molecule has 84 valence electrons. The minimum absolute atomic E-state index is 0.275. The lowest BCUT2D eigenvalue weighted by atomic mass is 10.1. The van der Waals surface area contributed by atoms with Crippen molar-refractivity contribution >= 4 is 5.69 Å². The molecule has 0 aliphatic carbocycles. The number of nitriles is 1. The van der Waals surface area contributed by atoms with Gasteiger partial charge in [-0.05, 0) is 31.9 Å². The highest BCUT2D eigenvalue weighted by molar-refractivity contribution is 5.43. The zero-order valence-corrected chi connectivity index (χ0v) is 9.31. The Morgan fingerprint density at radius 2 is 2.50 bits per heavy atom. The van der Waals surface area contributed by atoms with Gasteiger partial charge in [0.05, 0.1) is 18.0 Å². The summed E-state index contributed by atoms with van der Waals surface area (Å²) in [6.07, 6.45) is 4.22. The predicted molar refractivity (Wildman–Crippen MR) is 61.0 cm³/mol. The van der Waals surface area contributed by atoms with E-state index in [-0.39, 0.29) is 12.1 Å². The van der Waals surface area contributed by atoms with Gasteiger partial charge in [0, 0.05) is 12.6 Å². The molecule has 1 N–H and O–H groups in total. The Morgan fingerprint density at radius 3 is 3.06 bits per heavy atom. The van der Waals surface area contributed by atoms with Crippen molar-refractivity contribution in [3.63, 3.8) is 0 Å². The van der Waals surface area contributed by atoms with Gasteiger partial charge in [0.25, 0.3) is 0 Å². The van der Waals surface area contributed by atoms with Crippen LogP contribution in [0.2, 0.25) is 0 Å². The quantitative estimate of drug-likeness (QED) is 0.840. The number of hydrogen-bond donors (Lipinski definition) is 1. The molecule has 1 aromatic heterocycles. The van der Waals surface area contributed by atoms with Crippen LogP contribution in [0.4, 0.5) is 5.69 Å². The van der Waals surface area contributed by atoms with E-state index in [1.807, 2.05) is 12.1 Å². The van der Waals surface area contributed by atoms with E-state index in [9.17, 15) is 0 Å². The lowest BCUT2D eigenvalue weighted by Gasteiger charge is -2.20. The Kier molecular flexibility index (Phi) is 3.37. The number of rotatable bonds is 3. The number of nitrogens with zero attached hydrogens (tertiary/aromatic N) is 2. The largest absolute Gasteiger partial charge is 0.379 e. The first-order valence-electron chi connectivity index (χ1n) is 5.54. The van der Waals surface area contributed by atoms with Crippen molar-refractivity contribution in [2.24, 2.45) is 0 Å². The van der Waals surface area contributed by atoms with Crippen LogP contribution < -0.4 is 5.32 Å². The van der Waals surface area contributed by atoms with Crippen LogP contribution in [-0.4, -0.2) is 23.7 Å². The van der Waals surface area contributed by atoms with Gasteiger partial charge in [0.1, 0.15) is 11.8 Å². The number of hydrogen-bond acceptors (Lipinski definition) is 4. The van der Waals surface area contributed by atoms with Crippen LogP contribution in [0.15, 0.2) is 18.3 Å². The van der Waals surface area contributed by atoms with Crippen LogP contribution in [0.1, 0.15) is 25.5 Å². The molecule has 0 aromatic carbocycles. The Balaban J connectivity index is 1.95. The molecule has 0 radical (unpaired) electrons. The van der Waals surface area contributed by atoms with E-state index in [2.05, 4.69) is 17.2 Å². The smallest absolute Gasteiger partial charge is 0.140 e. The van der Waals surface area contributed by atoms with Crippen molar-refractivity contribution in [3.8, 4) is 6.07 Å². The second-order valence-electron chi connectivity index (χ2n) is 4.03. The third-order valence-electron chi connectivity index (χ3n) is 2.79. The normalized spacial score (nSPS) is 21.4. The number of ether oxygens (including phenoxy) is 1. The maximum atomic E-state index is 8.63. The fourth-order valence-corrected chi connectivity index (χ4v) is 1.90. The van der Waals surface area contributed by atoms with E-state index in [0.717, 1.165) is 25.1 Å². The standard InChI is InChI=1S/C12H15N3O/c1-9(12-3-2-6-16-12)15-11-5-4-10(7-13)14-8-11/h4-5,8-9,12,15H,2-3,6H2,1H3. The maximum absolute atomic E-state index is 8.63. The van der Waals surface area contributed by atoms with Gasteiger partial charge < -0.3 is 10.1 Å². The molecule has 0 spiro atoms. The summed E-state index contributed by atoms with van der Waals surface area (Å²) in [5, 5.41) is 12.0. The first kappa shape index (κ1) is 10.9. The van der Waals surface area contributed by atoms with Crippen LogP contribution in [0.25, 0.3) is 0 Å². The minimum Gasteiger partial charge on any atom is -0.379 e. The second-order valence-corrected chi connectivity index (χ2v) is 4.03. The molecule has 1 saturated heterocycles. The Hall–Kier alpha value is -1.60. The lowest BCUT2D eigenvalue weighted by Crippen LogP contribution is -2.29. The third-order valence-corrected chi connectivity index (χ3v) is 2.79. The zero-order chi connectivity index (χ0) is 11.4. The fraction of sp³-hybridized carbons (Fsp3) is 0.500. The fourth-order valence-electron chi connectivity index (χ4n) is 1.90. The van der Waals surface area contributed by atoms with E-state index in [1.54, 1.807) is 12.3 Å². The summed E-state index contributed by atoms with van der Waals surface area (Å²) < 4.78 is 5.60. The van der Waals surface area contributed by atoms with Crippen molar-refractivity contribution in [1.29, 1.82) is 5.26 Å². The summed E-state index contributed by atoms with van der Waals surface area (Å²) in [5.41, 5.74) is 1.37. The van der Waals surface area contributed by atoms with Crippen molar-refractivity contribution in [2.45, 2.75) is 31.9 Å². The predicted octanol–water partition coefficient (Wildman–Crippen LogP) is 1.93. The van der Waals surface area contributed by atoms with E-state index >= 15 is 0 Å². The molecule has 0 amide bonds. The Bertz CT molecular complexity index is 376. The minimum atomic E-state index is 0.275. The van der Waals surface area contributed by atoms with Gasteiger partial charge in [-0.3, -0.25) is 0 Å². The van der Waals surface area contributed by atoms with Gasteiger partial charge in [0.15, 0.2) is 0 Å². The summed E-state index contributed by atoms with van der Waals surface area (Å²) in [4.78, 5) is 4.01. The summed E-state index contributed by atoms with van der Waals surface area (Å²) in [6.45, 7) is 2.97. The van der Waals surface area contributed by atoms with Crippen molar-refractivity contribution < 1.29 is 4.74 Å². The van der Waals surface area contributed by atoms with Gasteiger partial charge in [-0.2, -0.15) is 5.26 Å². The van der Waals surface area contributed by atoms with E-state index < -0.39 is 0 Å². The molecule has 1 aliphatic heterocycles. The highest BCUT2D eigenvalue weighted by Gasteiger charge is 2.21. The summed E-state index contributed by atoms with van der Waals surface area (Å²) in [5.74, 6) is 0. The van der Waals surface area contributed by atoms with Crippen molar-refractivity contribution in [3.05, 3.63) is 24.0 Å². The van der Waals surface area contributed by atoms with E-state index in [1.165, 1.54) is 0 Å². The summed E-state index contributed by atoms with van der Waals surface area (Å²) in [7, 11) is 0. The van der Waals surface area contributed by atoms with Gasteiger partial charge in [-0.25, -0.2) is 4.98 Å². The third kappa shape index (κ3) is 2.50. The molecule has 2 unspecified atom stereocenters. The molecule has 1 fully saturated rings. The van der Waals surface area contributed by atoms with E-state index in [0.29, 0.717) is 5.69 Å². The van der Waals surface area contributed by atoms with E-state index in [4.69, 9.17) is 10.00 Å². The van der Waals surface area contributed by atoms with Crippen molar-refractivity contribution in [2.75, 3.05) is 11.9 Å². The lowest BCUT2D eigenvalue weighted by molar-refractivity contribution is 0.0996. The SMILES string of the molecule is CC(Nc1ccc(C#N)nc1)C1CCCO1. The number of anilines is 1. The number of nitrogens with one attached hydrogen (secondary N) is 1. The molecule has 4 heteroatoms. The first-order chi connectivity index (χ1) is 7.79. The molecule has 2 heterocycles. The van der Waals surface area contributed by atoms with Crippen LogP contribution in [0.3, 0.4) is 0 Å². The Morgan fingerprint density at radius 1 is 1.62 bits per heavy atom. The van der Waals surface area contributed by atoms with Crippen LogP contribution in [0.5, 0.6) is 0 Å². The summed E-state index contributed by atoms with van der Waals surface area (Å²) >= 11 is 0. The van der Waals surface area contributed by atoms with Crippen LogP contribution >= 0.6 is 0 Å². The maximum Gasteiger partial charge on any atom is 0.140 e.